The van der Waals surface area contributed by atoms with Gasteiger partial charge in [-0.25, -0.2) is 14.8 Å². The molecular formula is C24H31N5O5. The average Bonchev–Trinajstić information content (AvgIpc) is 3.42. The number of carboxylic acid groups (broad SMARTS) is 2. The number of hydrogen-bond acceptors (Lipinski definition) is 7. The lowest BCUT2D eigenvalue weighted by Crippen LogP contribution is -2.12. The van der Waals surface area contributed by atoms with Crippen LogP contribution in [0.25, 0.3) is 11.0 Å². The summed E-state index contributed by atoms with van der Waals surface area (Å²) in [5, 5.41) is 22.3. The minimum absolute atomic E-state index is 0.290. The molecule has 34 heavy (non-hydrogen) atoms. The Hall–Kier alpha value is -3.56. The largest absolute Gasteiger partial charge is 0.503 e. The highest BCUT2D eigenvalue weighted by molar-refractivity contribution is 5.87. The fourth-order valence-corrected chi connectivity index (χ4v) is 4.57. The second kappa shape index (κ2) is 10.6. The molecule has 3 aromatic rings. The summed E-state index contributed by atoms with van der Waals surface area (Å²) in [6.45, 7) is 3.13. The molecule has 1 aliphatic carbocycles. The zero-order valence-electron chi connectivity index (χ0n) is 19.6. The molecule has 1 aromatic carbocycles. The van der Waals surface area contributed by atoms with Crippen molar-refractivity contribution in [2.24, 2.45) is 7.05 Å². The third-order valence-electron chi connectivity index (χ3n) is 6.12. The third kappa shape index (κ3) is 5.32. The average molecular weight is 470 g/mol. The van der Waals surface area contributed by atoms with Crippen LogP contribution in [0.15, 0.2) is 18.2 Å². The molecule has 3 N–H and O–H groups in total. The second-order valence-electron chi connectivity index (χ2n) is 8.61. The predicted octanol–water partition coefficient (Wildman–Crippen LogP) is 4.93. The Morgan fingerprint density at radius 2 is 1.88 bits per heavy atom. The topological polar surface area (TPSA) is 132 Å². The molecule has 0 saturated heterocycles. The van der Waals surface area contributed by atoms with Crippen molar-refractivity contribution >= 4 is 23.0 Å². The number of nitrogens with zero attached hydrogens (tertiary/aromatic N) is 4. The standard InChI is InChI=1S/C23H29N5O2.CH2O3/c1-3-7-17-20-21(28(2)27-17)23(26-22(25-20)16-8-5-4-6-9-16)24-13-15-10-11-18-19(12-15)30-14-29-18;2-1(3)4/h10-12,16H,3-9,13-14H2,1-2H3,(H,24,25,26);(H2,2,3,4). The summed E-state index contributed by atoms with van der Waals surface area (Å²) < 4.78 is 12.9. The van der Waals surface area contributed by atoms with Crippen LogP contribution in [-0.4, -0.2) is 42.9 Å². The Labute approximate surface area is 197 Å². The van der Waals surface area contributed by atoms with Crippen molar-refractivity contribution in [2.75, 3.05) is 12.1 Å². The van der Waals surface area contributed by atoms with Gasteiger partial charge in [-0.05, 0) is 37.0 Å². The summed E-state index contributed by atoms with van der Waals surface area (Å²) in [5.41, 5.74) is 4.18. The maximum atomic E-state index is 8.56. The quantitative estimate of drug-likeness (QED) is 0.460. The summed E-state index contributed by atoms with van der Waals surface area (Å²) in [7, 11) is 1.98. The third-order valence-corrected chi connectivity index (χ3v) is 6.12. The number of carbonyl (C=O) groups is 1. The molecular weight excluding hydrogens is 438 g/mol. The SMILES string of the molecule is CCCc1nn(C)c2c(NCc3ccc4c(c3)OCO4)nc(C3CCCCC3)nc12.O=C(O)O. The van der Waals surface area contributed by atoms with Crippen LogP contribution in [0.5, 0.6) is 11.5 Å². The predicted molar refractivity (Wildman–Crippen MR) is 127 cm³/mol. The van der Waals surface area contributed by atoms with E-state index in [4.69, 9.17) is 39.5 Å². The Kier molecular flexibility index (Phi) is 7.34. The van der Waals surface area contributed by atoms with Crippen molar-refractivity contribution in [2.45, 2.75) is 64.3 Å². The van der Waals surface area contributed by atoms with E-state index < -0.39 is 6.16 Å². The molecule has 0 amide bonds. The number of benzene rings is 1. The van der Waals surface area contributed by atoms with Gasteiger partial charge in [-0.1, -0.05) is 38.7 Å². The first-order chi connectivity index (χ1) is 16.5. The van der Waals surface area contributed by atoms with Crippen LogP contribution in [0.4, 0.5) is 10.6 Å². The van der Waals surface area contributed by atoms with Gasteiger partial charge < -0.3 is 25.0 Å². The number of aryl methyl sites for hydroxylation is 2. The van der Waals surface area contributed by atoms with Crippen LogP contribution in [-0.2, 0) is 20.0 Å². The highest BCUT2D eigenvalue weighted by atomic mass is 16.7. The number of anilines is 1. The van der Waals surface area contributed by atoms with Crippen LogP contribution in [0, 0.1) is 0 Å². The Bertz CT molecular complexity index is 1150. The van der Waals surface area contributed by atoms with Crippen LogP contribution in [0.2, 0.25) is 0 Å². The molecule has 1 fully saturated rings. The number of rotatable bonds is 6. The number of fused-ring (bicyclic) bond motifs is 2. The first kappa shape index (κ1) is 23.6. The molecule has 10 heteroatoms. The van der Waals surface area contributed by atoms with Crippen LogP contribution in [0.1, 0.15) is 68.4 Å². The maximum absolute atomic E-state index is 8.56. The van der Waals surface area contributed by atoms with Gasteiger partial charge in [0.05, 0.1) is 5.69 Å². The molecule has 0 atom stereocenters. The number of hydrogen-bond donors (Lipinski definition) is 3. The van der Waals surface area contributed by atoms with Crippen molar-refractivity contribution in [3.8, 4) is 11.5 Å². The van der Waals surface area contributed by atoms with E-state index in [2.05, 4.69) is 18.3 Å². The van der Waals surface area contributed by atoms with Crippen LogP contribution in [0.3, 0.4) is 0 Å². The van der Waals surface area contributed by atoms with E-state index in [1.165, 1.54) is 32.1 Å². The smallest absolute Gasteiger partial charge is 0.454 e. The van der Waals surface area contributed by atoms with Gasteiger partial charge in [0.15, 0.2) is 17.3 Å². The zero-order valence-corrected chi connectivity index (χ0v) is 19.6. The van der Waals surface area contributed by atoms with E-state index in [-0.39, 0.29) is 0 Å². The van der Waals surface area contributed by atoms with E-state index in [1.54, 1.807) is 0 Å². The maximum Gasteiger partial charge on any atom is 0.503 e. The fraction of sp³-hybridized carbons (Fsp3) is 0.500. The number of aromatic nitrogens is 4. The lowest BCUT2D eigenvalue weighted by Gasteiger charge is -2.21. The first-order valence-corrected chi connectivity index (χ1v) is 11.7. The molecule has 1 aliphatic heterocycles. The minimum Gasteiger partial charge on any atom is -0.454 e. The van der Waals surface area contributed by atoms with E-state index in [0.29, 0.717) is 19.3 Å². The van der Waals surface area contributed by atoms with Crippen molar-refractivity contribution in [3.05, 3.63) is 35.3 Å². The van der Waals surface area contributed by atoms with Crippen molar-refractivity contribution in [1.82, 2.24) is 19.7 Å². The molecule has 2 aromatic heterocycles. The summed E-state index contributed by atoms with van der Waals surface area (Å²) >= 11 is 0. The first-order valence-electron chi connectivity index (χ1n) is 11.7. The van der Waals surface area contributed by atoms with Gasteiger partial charge in [0.1, 0.15) is 16.9 Å². The zero-order chi connectivity index (χ0) is 24.1. The molecule has 0 spiro atoms. The molecule has 0 radical (unpaired) electrons. The lowest BCUT2D eigenvalue weighted by molar-refractivity contribution is 0.137. The van der Waals surface area contributed by atoms with Gasteiger partial charge in [0.25, 0.3) is 0 Å². The Balaban J connectivity index is 0.000000636. The van der Waals surface area contributed by atoms with E-state index in [9.17, 15) is 0 Å². The molecule has 1 saturated carbocycles. The molecule has 3 heterocycles. The molecule has 0 unspecified atom stereocenters. The molecule has 10 nitrogen and oxygen atoms in total. The molecule has 2 aliphatic rings. The van der Waals surface area contributed by atoms with Crippen molar-refractivity contribution < 1.29 is 24.5 Å². The fourth-order valence-electron chi connectivity index (χ4n) is 4.57. The highest BCUT2D eigenvalue weighted by Crippen LogP contribution is 2.35. The summed E-state index contributed by atoms with van der Waals surface area (Å²) in [6.07, 6.45) is 6.35. The van der Waals surface area contributed by atoms with Gasteiger partial charge in [-0.3, -0.25) is 4.68 Å². The van der Waals surface area contributed by atoms with E-state index in [1.807, 2.05) is 23.9 Å². The van der Waals surface area contributed by atoms with Crippen LogP contribution < -0.4 is 14.8 Å². The molecule has 5 rings (SSSR count). The monoisotopic (exact) mass is 469 g/mol. The van der Waals surface area contributed by atoms with Crippen molar-refractivity contribution in [1.29, 1.82) is 0 Å². The molecule has 182 valence electrons. The molecule has 0 bridgehead atoms. The van der Waals surface area contributed by atoms with Crippen molar-refractivity contribution in [3.63, 3.8) is 0 Å². The number of nitrogens with one attached hydrogen (secondary N) is 1. The summed E-state index contributed by atoms with van der Waals surface area (Å²) in [5.74, 6) is 3.90. The van der Waals surface area contributed by atoms with Gasteiger partial charge >= 0.3 is 6.16 Å². The van der Waals surface area contributed by atoms with E-state index in [0.717, 1.165) is 58.3 Å². The lowest BCUT2D eigenvalue weighted by atomic mass is 9.88. The van der Waals surface area contributed by atoms with Gasteiger partial charge in [-0.15, -0.1) is 0 Å². The van der Waals surface area contributed by atoms with Crippen LogP contribution >= 0.6 is 0 Å². The van der Waals surface area contributed by atoms with Gasteiger partial charge in [0, 0.05) is 19.5 Å². The van der Waals surface area contributed by atoms with Gasteiger partial charge in [-0.2, -0.15) is 5.10 Å². The minimum atomic E-state index is -1.83. The highest BCUT2D eigenvalue weighted by Gasteiger charge is 2.23. The normalized spacial score (nSPS) is 15.1. The van der Waals surface area contributed by atoms with E-state index >= 15 is 0 Å². The summed E-state index contributed by atoms with van der Waals surface area (Å²) in [6, 6.07) is 6.06. The Morgan fingerprint density at radius 1 is 1.15 bits per heavy atom. The Morgan fingerprint density at radius 3 is 2.62 bits per heavy atom. The number of ether oxygens (including phenoxy) is 2. The van der Waals surface area contributed by atoms with Gasteiger partial charge in [0.2, 0.25) is 6.79 Å². The second-order valence-corrected chi connectivity index (χ2v) is 8.61. The summed E-state index contributed by atoms with van der Waals surface area (Å²) in [4.78, 5) is 18.6.